The number of hydrogen-bond donors (Lipinski definition) is 1. The SMILES string of the molecule is CCc1ccc(C(CC(=O)NC)C(C)(C)C)cc1. The lowest BCUT2D eigenvalue weighted by Crippen LogP contribution is -2.27. The lowest BCUT2D eigenvalue weighted by molar-refractivity contribution is -0.121. The van der Waals surface area contributed by atoms with E-state index in [1.165, 1.54) is 11.1 Å². The van der Waals surface area contributed by atoms with Gasteiger partial charge in [0.2, 0.25) is 5.91 Å². The molecule has 1 aromatic rings. The summed E-state index contributed by atoms with van der Waals surface area (Å²) in [6.07, 6.45) is 1.60. The predicted molar refractivity (Wildman–Crippen MR) is 76.7 cm³/mol. The fraction of sp³-hybridized carbons (Fsp3) is 0.562. The van der Waals surface area contributed by atoms with Gasteiger partial charge in [0.05, 0.1) is 0 Å². The number of hydrogen-bond acceptors (Lipinski definition) is 1. The zero-order valence-electron chi connectivity index (χ0n) is 12.2. The third kappa shape index (κ3) is 3.86. The van der Waals surface area contributed by atoms with Gasteiger partial charge in [-0.1, -0.05) is 52.0 Å². The normalized spacial score (nSPS) is 13.2. The van der Waals surface area contributed by atoms with Crippen LogP contribution in [-0.2, 0) is 11.2 Å². The van der Waals surface area contributed by atoms with Crippen LogP contribution in [0.4, 0.5) is 0 Å². The molecule has 2 nitrogen and oxygen atoms in total. The Hall–Kier alpha value is -1.31. The summed E-state index contributed by atoms with van der Waals surface area (Å²) in [6, 6.07) is 8.66. The van der Waals surface area contributed by atoms with Crippen molar-refractivity contribution < 1.29 is 4.79 Å². The van der Waals surface area contributed by atoms with E-state index in [2.05, 4.69) is 57.3 Å². The molecule has 0 heterocycles. The summed E-state index contributed by atoms with van der Waals surface area (Å²) in [6.45, 7) is 8.72. The molecular weight excluding hydrogens is 222 g/mol. The summed E-state index contributed by atoms with van der Waals surface area (Å²) >= 11 is 0. The fourth-order valence-electron chi connectivity index (χ4n) is 2.20. The van der Waals surface area contributed by atoms with Gasteiger partial charge in [-0.2, -0.15) is 0 Å². The smallest absolute Gasteiger partial charge is 0.220 e. The van der Waals surface area contributed by atoms with Crippen molar-refractivity contribution in [2.24, 2.45) is 5.41 Å². The van der Waals surface area contributed by atoms with Crippen molar-refractivity contribution in [2.75, 3.05) is 7.05 Å². The molecule has 0 bridgehead atoms. The third-order valence-corrected chi connectivity index (χ3v) is 3.50. The van der Waals surface area contributed by atoms with Crippen LogP contribution in [0, 0.1) is 5.41 Å². The standard InChI is InChI=1S/C16H25NO/c1-6-12-7-9-13(10-8-12)14(16(2,3)4)11-15(18)17-5/h7-10,14H,6,11H2,1-5H3,(H,17,18). The topological polar surface area (TPSA) is 29.1 Å². The third-order valence-electron chi connectivity index (χ3n) is 3.50. The van der Waals surface area contributed by atoms with E-state index in [9.17, 15) is 4.79 Å². The second-order valence-electron chi connectivity index (χ2n) is 5.89. The van der Waals surface area contributed by atoms with Crippen molar-refractivity contribution in [1.82, 2.24) is 5.32 Å². The van der Waals surface area contributed by atoms with Gasteiger partial charge in [0.25, 0.3) is 0 Å². The van der Waals surface area contributed by atoms with Crippen LogP contribution in [-0.4, -0.2) is 13.0 Å². The molecule has 0 saturated heterocycles. The van der Waals surface area contributed by atoms with Gasteiger partial charge in [0, 0.05) is 13.5 Å². The number of carbonyl (C=O) groups is 1. The number of aryl methyl sites for hydroxylation is 1. The number of carbonyl (C=O) groups excluding carboxylic acids is 1. The number of rotatable bonds is 4. The summed E-state index contributed by atoms with van der Waals surface area (Å²) in [4.78, 5) is 11.7. The maximum absolute atomic E-state index is 11.7. The summed E-state index contributed by atoms with van der Waals surface area (Å²) < 4.78 is 0. The Morgan fingerprint density at radius 1 is 1.22 bits per heavy atom. The molecule has 1 rings (SSSR count). The molecule has 100 valence electrons. The average Bonchev–Trinajstić information content (AvgIpc) is 2.34. The van der Waals surface area contributed by atoms with E-state index in [4.69, 9.17) is 0 Å². The molecule has 0 aliphatic rings. The summed E-state index contributed by atoms with van der Waals surface area (Å²) in [5.74, 6) is 0.359. The number of benzene rings is 1. The highest BCUT2D eigenvalue weighted by Gasteiger charge is 2.28. The molecule has 1 atom stereocenters. The molecule has 0 spiro atoms. The maximum atomic E-state index is 11.7. The Morgan fingerprint density at radius 2 is 1.78 bits per heavy atom. The summed E-state index contributed by atoms with van der Waals surface area (Å²) in [7, 11) is 1.70. The molecule has 1 unspecified atom stereocenters. The molecule has 0 fully saturated rings. The van der Waals surface area contributed by atoms with Crippen molar-refractivity contribution >= 4 is 5.91 Å². The Labute approximate surface area is 111 Å². The molecule has 1 aromatic carbocycles. The molecule has 2 heteroatoms. The maximum Gasteiger partial charge on any atom is 0.220 e. The molecule has 0 aliphatic heterocycles. The zero-order valence-corrected chi connectivity index (χ0v) is 12.2. The Balaban J connectivity index is 2.98. The molecule has 1 N–H and O–H groups in total. The first-order chi connectivity index (χ1) is 8.38. The Morgan fingerprint density at radius 3 is 2.17 bits per heavy atom. The summed E-state index contributed by atoms with van der Waals surface area (Å²) in [5.41, 5.74) is 2.68. The molecule has 1 amide bonds. The second kappa shape index (κ2) is 6.03. The van der Waals surface area contributed by atoms with E-state index < -0.39 is 0 Å². The van der Waals surface area contributed by atoms with E-state index in [-0.39, 0.29) is 17.2 Å². The summed E-state index contributed by atoms with van der Waals surface area (Å²) in [5, 5.41) is 2.72. The Kier molecular flexibility index (Phi) is 4.94. The largest absolute Gasteiger partial charge is 0.359 e. The van der Waals surface area contributed by atoms with Crippen LogP contribution < -0.4 is 5.32 Å². The van der Waals surface area contributed by atoms with E-state index in [0.29, 0.717) is 6.42 Å². The number of amides is 1. The van der Waals surface area contributed by atoms with Gasteiger partial charge in [0.15, 0.2) is 0 Å². The molecule has 0 saturated carbocycles. The van der Waals surface area contributed by atoms with Crippen LogP contribution >= 0.6 is 0 Å². The monoisotopic (exact) mass is 247 g/mol. The minimum Gasteiger partial charge on any atom is -0.359 e. The molecule has 18 heavy (non-hydrogen) atoms. The molecular formula is C16H25NO. The minimum atomic E-state index is 0.0836. The second-order valence-corrected chi connectivity index (χ2v) is 5.89. The van der Waals surface area contributed by atoms with Crippen LogP contribution in [0.5, 0.6) is 0 Å². The van der Waals surface area contributed by atoms with Crippen molar-refractivity contribution in [3.05, 3.63) is 35.4 Å². The zero-order chi connectivity index (χ0) is 13.8. The molecule has 0 aliphatic carbocycles. The number of nitrogens with one attached hydrogen (secondary N) is 1. The quantitative estimate of drug-likeness (QED) is 0.866. The van der Waals surface area contributed by atoms with Crippen LogP contribution in [0.2, 0.25) is 0 Å². The van der Waals surface area contributed by atoms with Crippen LogP contribution in [0.25, 0.3) is 0 Å². The van der Waals surface area contributed by atoms with Gasteiger partial charge in [-0.25, -0.2) is 0 Å². The molecule has 0 radical (unpaired) electrons. The Bertz CT molecular complexity index is 387. The first-order valence-corrected chi connectivity index (χ1v) is 6.68. The van der Waals surface area contributed by atoms with Gasteiger partial charge in [-0.3, -0.25) is 4.79 Å². The highest BCUT2D eigenvalue weighted by atomic mass is 16.1. The first kappa shape index (κ1) is 14.7. The van der Waals surface area contributed by atoms with Crippen molar-refractivity contribution in [3.8, 4) is 0 Å². The lowest BCUT2D eigenvalue weighted by Gasteiger charge is -2.30. The predicted octanol–water partition coefficient (Wildman–Crippen LogP) is 3.51. The van der Waals surface area contributed by atoms with Crippen LogP contribution in [0.15, 0.2) is 24.3 Å². The van der Waals surface area contributed by atoms with E-state index in [1.807, 2.05) is 0 Å². The van der Waals surface area contributed by atoms with Crippen LogP contribution in [0.1, 0.15) is 51.2 Å². The van der Waals surface area contributed by atoms with Crippen molar-refractivity contribution in [3.63, 3.8) is 0 Å². The first-order valence-electron chi connectivity index (χ1n) is 6.68. The highest BCUT2D eigenvalue weighted by Crippen LogP contribution is 2.37. The van der Waals surface area contributed by atoms with Crippen molar-refractivity contribution in [2.45, 2.75) is 46.5 Å². The lowest BCUT2D eigenvalue weighted by atomic mass is 9.74. The van der Waals surface area contributed by atoms with E-state index in [1.54, 1.807) is 7.05 Å². The van der Waals surface area contributed by atoms with E-state index >= 15 is 0 Å². The van der Waals surface area contributed by atoms with Gasteiger partial charge < -0.3 is 5.32 Å². The van der Waals surface area contributed by atoms with E-state index in [0.717, 1.165) is 6.42 Å². The average molecular weight is 247 g/mol. The van der Waals surface area contributed by atoms with Crippen molar-refractivity contribution in [1.29, 1.82) is 0 Å². The highest BCUT2D eigenvalue weighted by molar-refractivity contribution is 5.76. The minimum absolute atomic E-state index is 0.0836. The van der Waals surface area contributed by atoms with Gasteiger partial charge in [-0.15, -0.1) is 0 Å². The van der Waals surface area contributed by atoms with Gasteiger partial charge in [0.1, 0.15) is 0 Å². The van der Waals surface area contributed by atoms with Gasteiger partial charge >= 0.3 is 0 Å². The van der Waals surface area contributed by atoms with Crippen LogP contribution in [0.3, 0.4) is 0 Å². The molecule has 0 aromatic heterocycles. The fourth-order valence-corrected chi connectivity index (χ4v) is 2.20. The van der Waals surface area contributed by atoms with Gasteiger partial charge in [-0.05, 0) is 28.9 Å².